The van der Waals surface area contributed by atoms with Crippen LogP contribution in [0.4, 0.5) is 0 Å². The van der Waals surface area contributed by atoms with Crippen molar-refractivity contribution in [2.24, 2.45) is 0 Å². The third-order valence-corrected chi connectivity index (χ3v) is 5.61. The van der Waals surface area contributed by atoms with E-state index >= 15 is 0 Å². The van der Waals surface area contributed by atoms with Crippen molar-refractivity contribution >= 4 is 17.2 Å². The van der Waals surface area contributed by atoms with Crippen LogP contribution in [0.3, 0.4) is 0 Å². The zero-order valence-electron chi connectivity index (χ0n) is 13.4. The average Bonchev–Trinajstić information content (AvgIpc) is 2.96. The fourth-order valence-electron chi connectivity index (χ4n) is 3.00. The van der Waals surface area contributed by atoms with E-state index in [1.165, 1.54) is 29.7 Å². The maximum atomic E-state index is 12.7. The van der Waals surface area contributed by atoms with E-state index in [1.54, 1.807) is 16.2 Å². The normalized spacial score (nSPS) is 14.5. The van der Waals surface area contributed by atoms with Crippen LogP contribution in [-0.2, 0) is 19.4 Å². The third-order valence-electron chi connectivity index (χ3n) is 4.38. The van der Waals surface area contributed by atoms with Gasteiger partial charge in [-0.2, -0.15) is 0 Å². The number of aryl methyl sites for hydroxylation is 4. The molecule has 2 aromatic rings. The van der Waals surface area contributed by atoms with Crippen molar-refractivity contribution in [2.45, 2.75) is 52.5 Å². The van der Waals surface area contributed by atoms with E-state index in [1.807, 2.05) is 20.9 Å². The summed E-state index contributed by atoms with van der Waals surface area (Å²) in [6.07, 6.45) is 6.03. The van der Waals surface area contributed by atoms with E-state index < -0.39 is 0 Å². The van der Waals surface area contributed by atoms with E-state index in [9.17, 15) is 4.79 Å². The Balaban J connectivity index is 1.76. The molecular weight excluding hydrogens is 296 g/mol. The second-order valence-electron chi connectivity index (χ2n) is 6.08. The van der Waals surface area contributed by atoms with Gasteiger partial charge in [0, 0.05) is 17.5 Å². The minimum Gasteiger partial charge on any atom is -0.361 e. The highest BCUT2D eigenvalue weighted by molar-refractivity contribution is 7.14. The number of carbonyl (C=O) groups is 1. The Bertz CT molecular complexity index is 644. The van der Waals surface area contributed by atoms with Crippen molar-refractivity contribution in [1.82, 2.24) is 10.1 Å². The average molecular weight is 318 g/mol. The largest absolute Gasteiger partial charge is 0.361 e. The first-order valence-corrected chi connectivity index (χ1v) is 8.66. The van der Waals surface area contributed by atoms with Gasteiger partial charge in [-0.3, -0.25) is 4.79 Å². The summed E-state index contributed by atoms with van der Waals surface area (Å²) < 4.78 is 5.18. The predicted molar refractivity (Wildman–Crippen MR) is 87.4 cm³/mol. The van der Waals surface area contributed by atoms with Crippen LogP contribution in [0, 0.1) is 13.8 Å². The Morgan fingerprint density at radius 3 is 2.82 bits per heavy atom. The van der Waals surface area contributed by atoms with Gasteiger partial charge in [-0.05, 0) is 51.2 Å². The lowest BCUT2D eigenvalue weighted by atomic mass is 10.1. The summed E-state index contributed by atoms with van der Waals surface area (Å²) in [7, 11) is 1.85. The lowest BCUT2D eigenvalue weighted by Crippen LogP contribution is -2.25. The van der Waals surface area contributed by atoms with E-state index in [0.717, 1.165) is 34.7 Å². The van der Waals surface area contributed by atoms with Crippen LogP contribution >= 0.6 is 11.3 Å². The van der Waals surface area contributed by atoms with Gasteiger partial charge < -0.3 is 9.42 Å². The monoisotopic (exact) mass is 318 g/mol. The van der Waals surface area contributed by atoms with E-state index in [2.05, 4.69) is 11.2 Å². The molecule has 1 amide bonds. The molecule has 0 atom stereocenters. The molecule has 1 aliphatic rings. The Labute approximate surface area is 135 Å². The van der Waals surface area contributed by atoms with Gasteiger partial charge in [-0.1, -0.05) is 11.6 Å². The van der Waals surface area contributed by atoms with Crippen LogP contribution in [-0.4, -0.2) is 23.0 Å². The quantitative estimate of drug-likeness (QED) is 0.807. The number of carbonyl (C=O) groups excluding carboxylic acids is 1. The molecule has 0 aliphatic heterocycles. The Morgan fingerprint density at radius 1 is 1.32 bits per heavy atom. The summed E-state index contributed by atoms with van der Waals surface area (Å²) >= 11 is 1.68. The fraction of sp³-hybridized carbons (Fsp3) is 0.529. The number of thiophene rings is 1. The number of aromatic nitrogens is 1. The predicted octanol–water partition coefficient (Wildman–Crippen LogP) is 3.89. The fourth-order valence-corrected chi connectivity index (χ4v) is 4.25. The summed E-state index contributed by atoms with van der Waals surface area (Å²) in [5, 5.41) is 3.95. The second-order valence-corrected chi connectivity index (χ2v) is 7.22. The maximum absolute atomic E-state index is 12.7. The van der Waals surface area contributed by atoms with Crippen LogP contribution in [0.5, 0.6) is 0 Å². The van der Waals surface area contributed by atoms with Crippen LogP contribution < -0.4 is 0 Å². The number of nitrogens with zero attached hydrogens (tertiary/aromatic N) is 2. The summed E-state index contributed by atoms with van der Waals surface area (Å²) in [6, 6.07) is 2.11. The van der Waals surface area contributed by atoms with Crippen molar-refractivity contribution in [3.63, 3.8) is 0 Å². The Morgan fingerprint density at radius 2 is 2.09 bits per heavy atom. The molecule has 0 aromatic carbocycles. The first-order chi connectivity index (χ1) is 10.6. The zero-order valence-corrected chi connectivity index (χ0v) is 14.3. The third kappa shape index (κ3) is 2.95. The van der Waals surface area contributed by atoms with Gasteiger partial charge in [0.1, 0.15) is 5.76 Å². The molecule has 0 spiro atoms. The molecule has 0 saturated carbocycles. The summed E-state index contributed by atoms with van der Waals surface area (Å²) in [4.78, 5) is 16.7. The molecular formula is C17H22N2O2S. The minimum atomic E-state index is 0.0954. The van der Waals surface area contributed by atoms with Crippen LogP contribution in [0.15, 0.2) is 10.6 Å². The SMILES string of the molecule is Cc1noc(C)c1CN(C)C(=O)c1cc2c(s1)CCCCC2. The lowest BCUT2D eigenvalue weighted by molar-refractivity contribution is 0.0789. The van der Waals surface area contributed by atoms with Gasteiger partial charge in [0.25, 0.3) is 5.91 Å². The highest BCUT2D eigenvalue weighted by atomic mass is 32.1. The molecule has 4 nitrogen and oxygen atoms in total. The van der Waals surface area contributed by atoms with Crippen LogP contribution in [0.25, 0.3) is 0 Å². The van der Waals surface area contributed by atoms with Gasteiger partial charge in [-0.15, -0.1) is 11.3 Å². The summed E-state index contributed by atoms with van der Waals surface area (Å²) in [5.74, 6) is 0.886. The van der Waals surface area contributed by atoms with Crippen LogP contribution in [0.2, 0.25) is 0 Å². The standard InChI is InChI=1S/C17H22N2O2S/c1-11-14(12(2)21-18-11)10-19(3)17(20)16-9-13-7-5-4-6-8-15(13)22-16/h9H,4-8,10H2,1-3H3. The molecule has 22 heavy (non-hydrogen) atoms. The second kappa shape index (κ2) is 6.24. The lowest BCUT2D eigenvalue weighted by Gasteiger charge is -2.16. The summed E-state index contributed by atoms with van der Waals surface area (Å²) in [5.41, 5.74) is 3.25. The molecule has 118 valence electrons. The first-order valence-electron chi connectivity index (χ1n) is 7.85. The molecule has 0 unspecified atom stereocenters. The minimum absolute atomic E-state index is 0.0954. The summed E-state index contributed by atoms with van der Waals surface area (Å²) in [6.45, 7) is 4.35. The van der Waals surface area contributed by atoms with Gasteiger partial charge in [0.05, 0.1) is 17.1 Å². The van der Waals surface area contributed by atoms with Crippen LogP contribution in [0.1, 0.15) is 56.4 Å². The van der Waals surface area contributed by atoms with Gasteiger partial charge in [0.15, 0.2) is 0 Å². The highest BCUT2D eigenvalue weighted by Crippen LogP contribution is 2.30. The van der Waals surface area contributed by atoms with Gasteiger partial charge in [-0.25, -0.2) is 0 Å². The molecule has 0 radical (unpaired) electrons. The topological polar surface area (TPSA) is 46.3 Å². The molecule has 3 rings (SSSR count). The van der Waals surface area contributed by atoms with Crippen molar-refractivity contribution < 1.29 is 9.32 Å². The molecule has 0 fully saturated rings. The number of hydrogen-bond acceptors (Lipinski definition) is 4. The molecule has 5 heteroatoms. The van der Waals surface area contributed by atoms with Gasteiger partial charge >= 0.3 is 0 Å². The number of hydrogen-bond donors (Lipinski definition) is 0. The highest BCUT2D eigenvalue weighted by Gasteiger charge is 2.21. The first kappa shape index (κ1) is 15.3. The molecule has 0 saturated heterocycles. The molecule has 0 bridgehead atoms. The molecule has 2 heterocycles. The van der Waals surface area contributed by atoms with Crippen molar-refractivity contribution in [3.8, 4) is 0 Å². The maximum Gasteiger partial charge on any atom is 0.263 e. The Kier molecular flexibility index (Phi) is 4.34. The van der Waals surface area contributed by atoms with E-state index in [0.29, 0.717) is 6.54 Å². The molecule has 1 aliphatic carbocycles. The zero-order chi connectivity index (χ0) is 15.7. The van der Waals surface area contributed by atoms with Crippen molar-refractivity contribution in [1.29, 1.82) is 0 Å². The number of fused-ring (bicyclic) bond motifs is 1. The Hall–Kier alpha value is -1.62. The molecule has 2 aromatic heterocycles. The molecule has 0 N–H and O–H groups in total. The van der Waals surface area contributed by atoms with Crippen molar-refractivity contribution in [2.75, 3.05) is 7.05 Å². The number of amides is 1. The smallest absolute Gasteiger partial charge is 0.263 e. The van der Waals surface area contributed by atoms with E-state index in [4.69, 9.17) is 4.52 Å². The van der Waals surface area contributed by atoms with Crippen molar-refractivity contribution in [3.05, 3.63) is 38.4 Å². The van der Waals surface area contributed by atoms with E-state index in [-0.39, 0.29) is 5.91 Å². The van der Waals surface area contributed by atoms with Gasteiger partial charge in [0.2, 0.25) is 0 Å². The number of rotatable bonds is 3.